The number of hydrogen-bond donors (Lipinski definition) is 0. The van der Waals surface area contributed by atoms with Gasteiger partial charge in [-0.1, -0.05) is 52.0 Å². The second kappa shape index (κ2) is 8.94. The molecule has 0 N–H and O–H groups in total. The lowest BCUT2D eigenvalue weighted by molar-refractivity contribution is 0.400. The van der Waals surface area contributed by atoms with E-state index in [1.165, 1.54) is 33.4 Å². The molecule has 2 nitrogen and oxygen atoms in total. The Hall–Kier alpha value is -1.96. The average Bonchev–Trinajstić information content (AvgIpc) is 2.66. The molecule has 0 aliphatic rings. The van der Waals surface area contributed by atoms with Crippen molar-refractivity contribution in [2.75, 3.05) is 14.2 Å². The highest BCUT2D eigenvalue weighted by Gasteiger charge is 2.15. The molecule has 0 bridgehead atoms. The zero-order chi connectivity index (χ0) is 18.4. The molecular weight excluding hydrogens is 308 g/mol. The maximum atomic E-state index is 5.78. The van der Waals surface area contributed by atoms with E-state index in [0.29, 0.717) is 0 Å². The summed E-state index contributed by atoms with van der Waals surface area (Å²) in [6, 6.07) is 9.14. The third kappa shape index (κ3) is 4.18. The van der Waals surface area contributed by atoms with Crippen LogP contribution in [0.1, 0.15) is 61.1 Å². The minimum atomic E-state index is 0.841. The molecule has 2 aromatic carbocycles. The van der Waals surface area contributed by atoms with E-state index in [-0.39, 0.29) is 0 Å². The van der Waals surface area contributed by atoms with Crippen LogP contribution in [0.15, 0.2) is 24.3 Å². The molecule has 0 saturated carbocycles. The highest BCUT2D eigenvalue weighted by atomic mass is 16.5. The van der Waals surface area contributed by atoms with Crippen LogP contribution in [0.25, 0.3) is 0 Å². The Kier molecular flexibility index (Phi) is 6.92. The molecule has 0 radical (unpaired) electrons. The fourth-order valence-corrected chi connectivity index (χ4v) is 3.58. The SMILES string of the molecule is CCc1cc(CC)c(OC)c(Cc2cc(CC)cc(CC)c2OC)c1. The van der Waals surface area contributed by atoms with Crippen molar-refractivity contribution in [3.8, 4) is 11.5 Å². The lowest BCUT2D eigenvalue weighted by Gasteiger charge is -2.18. The highest BCUT2D eigenvalue weighted by Crippen LogP contribution is 2.34. The van der Waals surface area contributed by atoms with E-state index in [4.69, 9.17) is 9.47 Å². The molecule has 0 aromatic heterocycles. The number of rotatable bonds is 8. The summed E-state index contributed by atoms with van der Waals surface area (Å²) in [6.07, 6.45) is 4.88. The van der Waals surface area contributed by atoms with E-state index in [9.17, 15) is 0 Å². The Morgan fingerprint density at radius 2 is 0.920 bits per heavy atom. The Labute approximate surface area is 153 Å². The van der Waals surface area contributed by atoms with E-state index >= 15 is 0 Å². The predicted molar refractivity (Wildman–Crippen MR) is 106 cm³/mol. The normalized spacial score (nSPS) is 10.8. The molecule has 0 heterocycles. The fourth-order valence-electron chi connectivity index (χ4n) is 3.58. The maximum Gasteiger partial charge on any atom is 0.125 e. The predicted octanol–water partition coefficient (Wildman–Crippen LogP) is 5.54. The summed E-state index contributed by atoms with van der Waals surface area (Å²) in [7, 11) is 3.56. The van der Waals surface area contributed by atoms with E-state index < -0.39 is 0 Å². The van der Waals surface area contributed by atoms with Gasteiger partial charge in [-0.05, 0) is 59.1 Å². The van der Waals surface area contributed by atoms with Gasteiger partial charge in [-0.15, -0.1) is 0 Å². The summed E-state index contributed by atoms with van der Waals surface area (Å²) in [5, 5.41) is 0. The third-order valence-electron chi connectivity index (χ3n) is 4.97. The van der Waals surface area contributed by atoms with Crippen LogP contribution in [0, 0.1) is 0 Å². The molecule has 2 rings (SSSR count). The van der Waals surface area contributed by atoms with Gasteiger partial charge in [0.05, 0.1) is 14.2 Å². The second-order valence-corrected chi connectivity index (χ2v) is 6.49. The lowest BCUT2D eigenvalue weighted by atomic mass is 9.93. The van der Waals surface area contributed by atoms with Gasteiger partial charge < -0.3 is 9.47 Å². The van der Waals surface area contributed by atoms with Crippen molar-refractivity contribution >= 4 is 0 Å². The molecule has 0 amide bonds. The summed E-state index contributed by atoms with van der Waals surface area (Å²) >= 11 is 0. The van der Waals surface area contributed by atoms with Gasteiger partial charge in [-0.2, -0.15) is 0 Å². The van der Waals surface area contributed by atoms with Crippen LogP contribution in [0.5, 0.6) is 11.5 Å². The largest absolute Gasteiger partial charge is 0.496 e. The number of methoxy groups -OCH3 is 2. The molecule has 0 aliphatic carbocycles. The molecule has 2 heteroatoms. The minimum absolute atomic E-state index is 0.841. The third-order valence-corrected chi connectivity index (χ3v) is 4.97. The van der Waals surface area contributed by atoms with Gasteiger partial charge in [0, 0.05) is 6.42 Å². The molecular formula is C23H32O2. The molecule has 0 saturated heterocycles. The quantitative estimate of drug-likeness (QED) is 0.628. The maximum absolute atomic E-state index is 5.78. The van der Waals surface area contributed by atoms with Crippen molar-refractivity contribution in [2.24, 2.45) is 0 Å². The number of hydrogen-bond acceptors (Lipinski definition) is 2. The first-order chi connectivity index (χ1) is 12.1. The van der Waals surface area contributed by atoms with Crippen molar-refractivity contribution in [2.45, 2.75) is 59.8 Å². The first kappa shape index (κ1) is 19.4. The van der Waals surface area contributed by atoms with Gasteiger partial charge in [0.25, 0.3) is 0 Å². The molecule has 25 heavy (non-hydrogen) atoms. The molecule has 0 aliphatic heterocycles. The fraction of sp³-hybridized carbons (Fsp3) is 0.478. The zero-order valence-electron chi connectivity index (χ0n) is 16.7. The Balaban J connectivity index is 2.59. The molecule has 0 spiro atoms. The summed E-state index contributed by atoms with van der Waals surface area (Å²) in [6.45, 7) is 8.79. The Bertz CT molecular complexity index is 655. The smallest absolute Gasteiger partial charge is 0.125 e. The average molecular weight is 341 g/mol. The summed E-state index contributed by atoms with van der Waals surface area (Å²) in [5.74, 6) is 2.06. The van der Waals surface area contributed by atoms with E-state index in [1.807, 2.05) is 0 Å². The van der Waals surface area contributed by atoms with Crippen LogP contribution >= 0.6 is 0 Å². The highest BCUT2D eigenvalue weighted by molar-refractivity contribution is 5.52. The van der Waals surface area contributed by atoms with Crippen molar-refractivity contribution in [3.05, 3.63) is 57.6 Å². The van der Waals surface area contributed by atoms with Gasteiger partial charge in [0.1, 0.15) is 11.5 Å². The summed E-state index contributed by atoms with van der Waals surface area (Å²) < 4.78 is 11.6. The monoisotopic (exact) mass is 340 g/mol. The second-order valence-electron chi connectivity index (χ2n) is 6.49. The molecule has 0 fully saturated rings. The Morgan fingerprint density at radius 1 is 0.560 bits per heavy atom. The molecule has 136 valence electrons. The van der Waals surface area contributed by atoms with Crippen molar-refractivity contribution in [1.82, 2.24) is 0 Å². The van der Waals surface area contributed by atoms with E-state index in [0.717, 1.165) is 43.6 Å². The van der Waals surface area contributed by atoms with Crippen molar-refractivity contribution < 1.29 is 9.47 Å². The molecule has 0 unspecified atom stereocenters. The van der Waals surface area contributed by atoms with Crippen LogP contribution < -0.4 is 9.47 Å². The number of ether oxygens (including phenoxy) is 2. The number of benzene rings is 2. The van der Waals surface area contributed by atoms with E-state index in [1.54, 1.807) is 14.2 Å². The van der Waals surface area contributed by atoms with Crippen LogP contribution in [0.4, 0.5) is 0 Å². The van der Waals surface area contributed by atoms with E-state index in [2.05, 4.69) is 52.0 Å². The van der Waals surface area contributed by atoms with Crippen LogP contribution in [-0.2, 0) is 32.1 Å². The summed E-state index contributed by atoms with van der Waals surface area (Å²) in [5.41, 5.74) is 7.83. The van der Waals surface area contributed by atoms with Gasteiger partial charge in [-0.3, -0.25) is 0 Å². The van der Waals surface area contributed by atoms with Crippen molar-refractivity contribution in [1.29, 1.82) is 0 Å². The van der Waals surface area contributed by atoms with Crippen LogP contribution in [0.3, 0.4) is 0 Å². The van der Waals surface area contributed by atoms with Gasteiger partial charge in [0.2, 0.25) is 0 Å². The van der Waals surface area contributed by atoms with Crippen LogP contribution in [-0.4, -0.2) is 14.2 Å². The van der Waals surface area contributed by atoms with Crippen LogP contribution in [0.2, 0.25) is 0 Å². The van der Waals surface area contributed by atoms with Gasteiger partial charge in [-0.25, -0.2) is 0 Å². The Morgan fingerprint density at radius 3 is 1.20 bits per heavy atom. The standard InChI is InChI=1S/C23H32O2/c1-7-16-11-18(9-3)22(24-5)20(13-16)15-21-14-17(8-2)12-19(10-4)23(21)25-6/h11-14H,7-10,15H2,1-6H3. The number of aryl methyl sites for hydroxylation is 4. The first-order valence-corrected chi connectivity index (χ1v) is 9.48. The molecule has 2 aromatic rings. The zero-order valence-corrected chi connectivity index (χ0v) is 16.7. The topological polar surface area (TPSA) is 18.5 Å². The van der Waals surface area contributed by atoms with Crippen molar-refractivity contribution in [3.63, 3.8) is 0 Å². The minimum Gasteiger partial charge on any atom is -0.496 e. The van der Waals surface area contributed by atoms with Gasteiger partial charge in [0.15, 0.2) is 0 Å². The summed E-state index contributed by atoms with van der Waals surface area (Å²) in [4.78, 5) is 0. The van der Waals surface area contributed by atoms with Gasteiger partial charge >= 0.3 is 0 Å². The first-order valence-electron chi connectivity index (χ1n) is 9.48. The molecule has 0 atom stereocenters. The lowest BCUT2D eigenvalue weighted by Crippen LogP contribution is -2.04.